The summed E-state index contributed by atoms with van der Waals surface area (Å²) in [6, 6.07) is 0. The minimum Gasteiger partial charge on any atom is -0.756 e. The number of aliphatic hydroxyl groups excluding tert-OH is 2. The molecule has 270 valence electrons. The van der Waals surface area contributed by atoms with Gasteiger partial charge in [-0.25, -0.2) is 0 Å². The van der Waals surface area contributed by atoms with Crippen LogP contribution in [0, 0.1) is 5.92 Å². The maximum Gasteiger partial charge on any atom is 0.268 e. The highest BCUT2D eigenvalue weighted by Crippen LogP contribution is 2.41. The lowest BCUT2D eigenvalue weighted by Gasteiger charge is -2.31. The summed E-state index contributed by atoms with van der Waals surface area (Å²) in [7, 11) is -2.33. The van der Waals surface area contributed by atoms with Gasteiger partial charge in [0.05, 0.1) is 41.4 Å². The number of rotatable bonds is 32. The number of unbranched alkanes of at least 4 members (excludes halogenated alkanes) is 12. The van der Waals surface area contributed by atoms with Gasteiger partial charge >= 0.3 is 0 Å². The van der Waals surface area contributed by atoms with E-state index in [0.717, 1.165) is 44.9 Å². The van der Waals surface area contributed by atoms with Crippen LogP contribution in [0.25, 0.3) is 0 Å². The van der Waals surface area contributed by atoms with E-state index in [4.69, 9.17) is 18.1 Å². The second-order valence-electron chi connectivity index (χ2n) is 13.3. The van der Waals surface area contributed by atoms with Crippen molar-refractivity contribution in [1.82, 2.24) is 0 Å². The third-order valence-electron chi connectivity index (χ3n) is 7.72. The quantitative estimate of drug-likeness (QED) is 0.0321. The molecule has 45 heavy (non-hydrogen) atoms. The van der Waals surface area contributed by atoms with E-state index in [9.17, 15) is 29.1 Å². The van der Waals surface area contributed by atoms with Gasteiger partial charge in [0.1, 0.15) is 26.3 Å². The van der Waals surface area contributed by atoms with Crippen molar-refractivity contribution in [3.63, 3.8) is 0 Å². The van der Waals surface area contributed by atoms with Gasteiger partial charge < -0.3 is 47.1 Å². The van der Waals surface area contributed by atoms with Crippen LogP contribution in [0.3, 0.4) is 0 Å². The van der Waals surface area contributed by atoms with E-state index in [1.165, 1.54) is 44.9 Å². The van der Waals surface area contributed by atoms with Crippen LogP contribution in [-0.2, 0) is 27.2 Å². The summed E-state index contributed by atoms with van der Waals surface area (Å²) in [4.78, 5) is 24.6. The molecule has 2 unspecified atom stereocenters. The molecule has 14 heteroatoms. The largest absolute Gasteiger partial charge is 0.756 e. The van der Waals surface area contributed by atoms with Crippen molar-refractivity contribution in [2.45, 2.75) is 103 Å². The van der Waals surface area contributed by atoms with Crippen molar-refractivity contribution >= 4 is 15.6 Å². The Labute approximate surface area is 274 Å². The molecular weight excluding hydrogens is 622 g/mol. The lowest BCUT2D eigenvalue weighted by Crippen LogP contribution is -2.43. The highest BCUT2D eigenvalue weighted by atomic mass is 31.2. The van der Waals surface area contributed by atoms with Gasteiger partial charge in [0.25, 0.3) is 15.6 Å². The molecular formula is C31H66N2O10P2. The Bertz CT molecular complexity index is 799. The molecule has 0 aliphatic heterocycles. The van der Waals surface area contributed by atoms with E-state index in [1.54, 1.807) is 28.2 Å². The molecule has 0 heterocycles. The first kappa shape index (κ1) is 44.8. The summed E-state index contributed by atoms with van der Waals surface area (Å²) in [5.74, 6) is -0.507. The summed E-state index contributed by atoms with van der Waals surface area (Å²) in [5.41, 5.74) is 0. The molecule has 0 saturated carbocycles. The molecule has 0 aliphatic rings. The van der Waals surface area contributed by atoms with Crippen LogP contribution in [0.4, 0.5) is 0 Å². The minimum atomic E-state index is -4.63. The third-order valence-corrected chi connectivity index (χ3v) is 9.65. The zero-order valence-electron chi connectivity index (χ0n) is 28.9. The SMILES string of the molecule is CCCCCCCC/C=C/CCCCCCCCC(COP(=O)([O-])OCC[N+](C)(C)CO)COP(=O)([O-])OCC[N+](C)(C)CO. The number of phosphoric acid groups is 2. The molecule has 2 atom stereocenters. The van der Waals surface area contributed by atoms with E-state index in [2.05, 4.69) is 19.1 Å². The van der Waals surface area contributed by atoms with E-state index >= 15 is 0 Å². The first-order chi connectivity index (χ1) is 21.2. The van der Waals surface area contributed by atoms with Crippen LogP contribution in [0.5, 0.6) is 0 Å². The average molecular weight is 689 g/mol. The van der Waals surface area contributed by atoms with Crippen molar-refractivity contribution in [3.8, 4) is 0 Å². The maximum atomic E-state index is 12.3. The Kier molecular flexibility index (Phi) is 25.7. The first-order valence-corrected chi connectivity index (χ1v) is 19.8. The zero-order valence-corrected chi connectivity index (χ0v) is 30.7. The summed E-state index contributed by atoms with van der Waals surface area (Å²) >= 11 is 0. The molecule has 2 N–H and O–H groups in total. The molecule has 0 spiro atoms. The van der Waals surface area contributed by atoms with Crippen molar-refractivity contribution in [3.05, 3.63) is 12.2 Å². The van der Waals surface area contributed by atoms with Gasteiger partial charge in [-0.3, -0.25) is 9.13 Å². The van der Waals surface area contributed by atoms with Crippen LogP contribution < -0.4 is 9.79 Å². The first-order valence-electron chi connectivity index (χ1n) is 16.9. The molecule has 0 bridgehead atoms. The van der Waals surface area contributed by atoms with Gasteiger partial charge in [-0.05, 0) is 32.1 Å². The summed E-state index contributed by atoms with van der Waals surface area (Å²) < 4.78 is 45.0. The molecule has 0 aromatic carbocycles. The third kappa shape index (κ3) is 28.5. The number of allylic oxidation sites excluding steroid dienone is 2. The fourth-order valence-corrected chi connectivity index (χ4v) is 5.85. The Morgan fingerprint density at radius 2 is 1.00 bits per heavy atom. The second-order valence-corrected chi connectivity index (χ2v) is 16.2. The maximum absolute atomic E-state index is 12.3. The van der Waals surface area contributed by atoms with E-state index in [0.29, 0.717) is 6.42 Å². The number of phosphoric ester groups is 2. The van der Waals surface area contributed by atoms with Gasteiger partial charge in [-0.15, -0.1) is 0 Å². The Morgan fingerprint density at radius 1 is 0.622 bits per heavy atom. The topological polar surface area (TPSA) is 158 Å². The average Bonchev–Trinajstić information content (AvgIpc) is 2.97. The Hall–Kier alpha value is -0.200. The molecule has 12 nitrogen and oxygen atoms in total. The Morgan fingerprint density at radius 3 is 1.40 bits per heavy atom. The molecule has 0 saturated heterocycles. The number of nitrogens with zero attached hydrogens (tertiary/aromatic N) is 2. The molecule has 0 aromatic rings. The lowest BCUT2D eigenvalue weighted by molar-refractivity contribution is -0.908. The van der Waals surface area contributed by atoms with Crippen molar-refractivity contribution < 1.29 is 56.2 Å². The van der Waals surface area contributed by atoms with Gasteiger partial charge in [0.15, 0.2) is 13.5 Å². The zero-order chi connectivity index (χ0) is 34.1. The van der Waals surface area contributed by atoms with Crippen molar-refractivity contribution in [2.75, 3.05) is 81.2 Å². The number of aliphatic hydroxyl groups is 2. The van der Waals surface area contributed by atoms with E-state index < -0.39 is 21.6 Å². The van der Waals surface area contributed by atoms with Crippen LogP contribution >= 0.6 is 15.6 Å². The molecule has 0 amide bonds. The smallest absolute Gasteiger partial charge is 0.268 e. The van der Waals surface area contributed by atoms with Crippen LogP contribution in [-0.4, -0.2) is 100 Å². The summed E-state index contributed by atoms with van der Waals surface area (Å²) in [5, 5.41) is 18.6. The molecule has 0 aromatic heterocycles. The number of likely N-dealkylation sites (N-methyl/N-ethyl adjacent to an activating group) is 2. The summed E-state index contributed by atoms with van der Waals surface area (Å²) in [6.45, 7) is 1.55. The van der Waals surface area contributed by atoms with Gasteiger partial charge in [0.2, 0.25) is 0 Å². The Balaban J connectivity index is 4.54. The van der Waals surface area contributed by atoms with Gasteiger partial charge in [-0.2, -0.15) is 0 Å². The normalized spacial score (nSPS) is 16.2. The molecule has 0 rings (SSSR count). The minimum absolute atomic E-state index is 0.156. The fourth-order valence-electron chi connectivity index (χ4n) is 4.30. The predicted octanol–water partition coefficient (Wildman–Crippen LogP) is 5.09. The monoisotopic (exact) mass is 688 g/mol. The molecule has 0 radical (unpaired) electrons. The predicted molar refractivity (Wildman–Crippen MR) is 175 cm³/mol. The lowest BCUT2D eigenvalue weighted by atomic mass is 10.0. The van der Waals surface area contributed by atoms with Crippen molar-refractivity contribution in [2.24, 2.45) is 5.92 Å². The molecule has 0 aliphatic carbocycles. The van der Waals surface area contributed by atoms with Gasteiger partial charge in [0, 0.05) is 5.92 Å². The van der Waals surface area contributed by atoms with Crippen molar-refractivity contribution in [1.29, 1.82) is 0 Å². The summed E-state index contributed by atoms with van der Waals surface area (Å²) in [6.07, 6.45) is 21.5. The van der Waals surface area contributed by atoms with Crippen LogP contribution in [0.15, 0.2) is 12.2 Å². The highest BCUT2D eigenvalue weighted by Gasteiger charge is 2.21. The number of quaternary nitrogens is 2. The fraction of sp³-hybridized carbons (Fsp3) is 0.935. The van der Waals surface area contributed by atoms with E-state index in [-0.39, 0.29) is 61.9 Å². The van der Waals surface area contributed by atoms with E-state index in [1.807, 2.05) is 0 Å². The number of hydrogen-bond donors (Lipinski definition) is 2. The van der Waals surface area contributed by atoms with Gasteiger partial charge in [-0.1, -0.05) is 83.3 Å². The van der Waals surface area contributed by atoms with Crippen LogP contribution in [0.1, 0.15) is 103 Å². The van der Waals surface area contributed by atoms with Crippen LogP contribution in [0.2, 0.25) is 0 Å². The molecule has 0 fully saturated rings. The standard InChI is InChI=1S/C31H66N2O10P2/c1-6-7-8-9-10-11-12-13-14-15-16-17-18-19-20-21-22-31(27-42-44(36,37)40-25-23-32(2,3)29-34)28-43-45(38,39)41-26-24-33(4,5)30-35/h13-14,31,34-35H,6-12,15-30H2,1-5H3/b14-13+. The number of hydrogen-bond acceptors (Lipinski definition) is 10. The second kappa shape index (κ2) is 25.8. The highest BCUT2D eigenvalue weighted by molar-refractivity contribution is 7.46.